The zero-order valence-corrected chi connectivity index (χ0v) is 19.2. The van der Waals surface area contributed by atoms with E-state index in [1.807, 2.05) is 78.2 Å². The predicted octanol–water partition coefficient (Wildman–Crippen LogP) is 7.07. The molecule has 0 aliphatic heterocycles. The number of aryl methyl sites for hydroxylation is 1. The summed E-state index contributed by atoms with van der Waals surface area (Å²) in [4.78, 5) is 27.1. The summed E-state index contributed by atoms with van der Waals surface area (Å²) < 4.78 is 0. The van der Waals surface area contributed by atoms with Crippen LogP contribution in [0.3, 0.4) is 0 Å². The summed E-state index contributed by atoms with van der Waals surface area (Å²) in [7, 11) is 0. The van der Waals surface area contributed by atoms with Crippen LogP contribution in [0, 0.1) is 6.92 Å². The molecule has 34 heavy (non-hydrogen) atoms. The van der Waals surface area contributed by atoms with Crippen molar-refractivity contribution in [1.82, 2.24) is 15.0 Å². The third-order valence-corrected chi connectivity index (χ3v) is 6.68. The molecule has 0 saturated heterocycles. The molecule has 6 aromatic rings. The van der Waals surface area contributed by atoms with Crippen LogP contribution in [-0.2, 0) is 0 Å². The number of benzene rings is 3. The van der Waals surface area contributed by atoms with Crippen LogP contribution in [0.2, 0.25) is 0 Å². The highest BCUT2D eigenvalue weighted by molar-refractivity contribution is 7.13. The van der Waals surface area contributed by atoms with Crippen LogP contribution in [0.5, 0.6) is 0 Å². The molecule has 0 atom stereocenters. The third-order valence-electron chi connectivity index (χ3n) is 5.79. The van der Waals surface area contributed by atoms with Crippen LogP contribution < -0.4 is 5.32 Å². The summed E-state index contributed by atoms with van der Waals surface area (Å²) in [5.41, 5.74) is 7.02. The molecule has 0 radical (unpaired) electrons. The van der Waals surface area contributed by atoms with Gasteiger partial charge in [-0.3, -0.25) is 4.79 Å². The third kappa shape index (κ3) is 3.74. The van der Waals surface area contributed by atoms with Gasteiger partial charge in [-0.2, -0.15) is 0 Å². The van der Waals surface area contributed by atoms with Gasteiger partial charge in [-0.25, -0.2) is 9.97 Å². The molecule has 2 N–H and O–H groups in total. The van der Waals surface area contributed by atoms with Crippen LogP contribution in [0.4, 0.5) is 5.69 Å². The molecule has 0 unspecified atom stereocenters. The second-order valence-electron chi connectivity index (χ2n) is 8.19. The van der Waals surface area contributed by atoms with Gasteiger partial charge >= 0.3 is 0 Å². The number of nitrogens with one attached hydrogen (secondary N) is 2. The van der Waals surface area contributed by atoms with Crippen molar-refractivity contribution in [1.29, 1.82) is 0 Å². The smallest absolute Gasteiger partial charge is 0.256 e. The second-order valence-corrected chi connectivity index (χ2v) is 9.13. The maximum Gasteiger partial charge on any atom is 0.256 e. The fraction of sp³-hybridized carbons (Fsp3) is 0.0357. The van der Waals surface area contributed by atoms with E-state index in [-0.39, 0.29) is 5.91 Å². The normalized spacial score (nSPS) is 11.2. The van der Waals surface area contributed by atoms with Gasteiger partial charge in [-0.1, -0.05) is 30.3 Å². The van der Waals surface area contributed by atoms with E-state index in [0.29, 0.717) is 5.56 Å². The van der Waals surface area contributed by atoms with Crippen LogP contribution in [0.1, 0.15) is 15.9 Å². The van der Waals surface area contributed by atoms with Gasteiger partial charge in [0.05, 0.1) is 32.7 Å². The molecular weight excluding hydrogens is 440 g/mol. The predicted molar refractivity (Wildman–Crippen MR) is 139 cm³/mol. The van der Waals surface area contributed by atoms with E-state index in [4.69, 9.17) is 4.98 Å². The quantitative estimate of drug-likeness (QED) is 0.296. The largest absolute Gasteiger partial charge is 0.338 e. The molecule has 5 nitrogen and oxygen atoms in total. The van der Waals surface area contributed by atoms with Crippen molar-refractivity contribution in [3.05, 3.63) is 101 Å². The maximum atomic E-state index is 13.3. The number of anilines is 1. The Morgan fingerprint density at radius 2 is 1.74 bits per heavy atom. The Balaban J connectivity index is 1.30. The number of H-pyrrole nitrogens is 1. The number of hydrogen-bond donors (Lipinski definition) is 2. The molecule has 0 aliphatic carbocycles. The Labute approximate surface area is 200 Å². The number of aromatic amines is 1. The van der Waals surface area contributed by atoms with Crippen LogP contribution >= 0.6 is 11.3 Å². The van der Waals surface area contributed by atoms with Crippen molar-refractivity contribution < 1.29 is 4.79 Å². The van der Waals surface area contributed by atoms with Crippen LogP contribution in [-0.4, -0.2) is 20.9 Å². The lowest BCUT2D eigenvalue weighted by molar-refractivity contribution is 0.102. The summed E-state index contributed by atoms with van der Waals surface area (Å²) in [5.74, 6) is 0.641. The fourth-order valence-electron chi connectivity index (χ4n) is 4.08. The van der Waals surface area contributed by atoms with Crippen molar-refractivity contribution in [3.8, 4) is 22.0 Å². The average Bonchev–Trinajstić information content (AvgIpc) is 3.54. The fourth-order valence-corrected chi connectivity index (χ4v) is 4.77. The molecule has 3 heterocycles. The maximum absolute atomic E-state index is 13.3. The SMILES string of the molecule is Cc1ccc2nc(-c3ccc(NC(=O)c4cc(-c5cccs5)nc5ccccc45)cc3)[nH]c2c1. The molecule has 0 spiro atoms. The van der Waals surface area contributed by atoms with Crippen molar-refractivity contribution >= 4 is 44.9 Å². The molecule has 1 amide bonds. The second kappa shape index (κ2) is 8.24. The molecule has 6 heteroatoms. The van der Waals surface area contributed by atoms with Gasteiger partial charge < -0.3 is 10.3 Å². The van der Waals surface area contributed by atoms with E-state index < -0.39 is 0 Å². The van der Waals surface area contributed by atoms with Gasteiger partial charge in [0, 0.05) is 16.6 Å². The Morgan fingerprint density at radius 3 is 2.56 bits per heavy atom. The molecule has 3 aromatic heterocycles. The van der Waals surface area contributed by atoms with Gasteiger partial charge in [0.25, 0.3) is 5.91 Å². The number of carbonyl (C=O) groups is 1. The van der Waals surface area contributed by atoms with E-state index >= 15 is 0 Å². The summed E-state index contributed by atoms with van der Waals surface area (Å²) in [6.07, 6.45) is 0. The number of para-hydroxylation sites is 1. The number of thiophene rings is 1. The van der Waals surface area contributed by atoms with Gasteiger partial charge in [0.15, 0.2) is 0 Å². The molecular formula is C28H20N4OS. The van der Waals surface area contributed by atoms with Gasteiger partial charge in [0.2, 0.25) is 0 Å². The van der Waals surface area contributed by atoms with Gasteiger partial charge in [-0.05, 0) is 72.5 Å². The molecule has 164 valence electrons. The molecule has 3 aromatic carbocycles. The first kappa shape index (κ1) is 20.3. The highest BCUT2D eigenvalue weighted by Gasteiger charge is 2.15. The lowest BCUT2D eigenvalue weighted by Crippen LogP contribution is -2.13. The number of aromatic nitrogens is 3. The number of hydrogen-bond acceptors (Lipinski definition) is 4. The molecule has 0 bridgehead atoms. The lowest BCUT2D eigenvalue weighted by atomic mass is 10.1. The average molecular weight is 461 g/mol. The van der Waals surface area contributed by atoms with E-state index in [1.165, 1.54) is 5.56 Å². The lowest BCUT2D eigenvalue weighted by Gasteiger charge is -2.10. The van der Waals surface area contributed by atoms with Crippen molar-refractivity contribution in [2.45, 2.75) is 6.92 Å². The first-order valence-corrected chi connectivity index (χ1v) is 11.8. The van der Waals surface area contributed by atoms with Gasteiger partial charge in [0.1, 0.15) is 5.82 Å². The number of carbonyl (C=O) groups excluding carboxylic acids is 1. The van der Waals surface area contributed by atoms with E-state index in [2.05, 4.69) is 34.3 Å². The number of amides is 1. The summed E-state index contributed by atoms with van der Waals surface area (Å²) in [6, 6.07) is 27.5. The zero-order valence-electron chi connectivity index (χ0n) is 18.4. The highest BCUT2D eigenvalue weighted by atomic mass is 32.1. The Hall–Kier alpha value is -4.29. The summed E-state index contributed by atoms with van der Waals surface area (Å²) in [5, 5.41) is 5.88. The number of nitrogens with zero attached hydrogens (tertiary/aromatic N) is 2. The minimum absolute atomic E-state index is 0.164. The Morgan fingerprint density at radius 1 is 0.882 bits per heavy atom. The Kier molecular flexibility index (Phi) is 4.93. The molecule has 0 fully saturated rings. The van der Waals surface area contributed by atoms with E-state index in [9.17, 15) is 4.79 Å². The molecule has 0 saturated carbocycles. The standard InChI is InChI=1S/C28H20N4OS/c1-17-8-13-23-24(15-17)32-27(31-23)18-9-11-19(12-10-18)29-28(33)21-16-25(26-7-4-14-34-26)30-22-6-3-2-5-20(21)22/h2-16H,1H3,(H,29,33)(H,31,32). The van der Waals surface area contributed by atoms with E-state index in [0.717, 1.165) is 49.6 Å². The first-order valence-electron chi connectivity index (χ1n) is 11.0. The summed E-state index contributed by atoms with van der Waals surface area (Å²) in [6.45, 7) is 2.06. The highest BCUT2D eigenvalue weighted by Crippen LogP contribution is 2.29. The molecule has 0 aliphatic rings. The van der Waals surface area contributed by atoms with Crippen molar-refractivity contribution in [2.75, 3.05) is 5.32 Å². The number of rotatable bonds is 4. The summed E-state index contributed by atoms with van der Waals surface area (Å²) >= 11 is 1.61. The topological polar surface area (TPSA) is 70.7 Å². The number of imidazole rings is 1. The van der Waals surface area contributed by atoms with Crippen LogP contribution in [0.25, 0.3) is 43.9 Å². The Bertz CT molecular complexity index is 1650. The zero-order chi connectivity index (χ0) is 23.1. The van der Waals surface area contributed by atoms with Crippen LogP contribution in [0.15, 0.2) is 90.3 Å². The van der Waals surface area contributed by atoms with Gasteiger partial charge in [-0.15, -0.1) is 11.3 Å². The number of fused-ring (bicyclic) bond motifs is 2. The number of pyridine rings is 1. The minimum Gasteiger partial charge on any atom is -0.338 e. The van der Waals surface area contributed by atoms with Crippen molar-refractivity contribution in [3.63, 3.8) is 0 Å². The first-order chi connectivity index (χ1) is 16.6. The van der Waals surface area contributed by atoms with E-state index in [1.54, 1.807) is 11.3 Å². The minimum atomic E-state index is -0.164. The van der Waals surface area contributed by atoms with Crippen molar-refractivity contribution in [2.24, 2.45) is 0 Å². The molecule has 6 rings (SSSR count). The monoisotopic (exact) mass is 460 g/mol.